The van der Waals surface area contributed by atoms with Crippen molar-refractivity contribution in [1.29, 1.82) is 0 Å². The van der Waals surface area contributed by atoms with Crippen LogP contribution in [-0.2, 0) is 6.61 Å². The number of nitrogens with zero attached hydrogens (tertiary/aromatic N) is 1. The van der Waals surface area contributed by atoms with Crippen molar-refractivity contribution in [2.45, 2.75) is 6.61 Å². The largest absolute Gasteiger partial charge is 0.447 e. The third-order valence-electron chi connectivity index (χ3n) is 2.53. The number of aliphatic hydroxyl groups is 1. The van der Waals surface area contributed by atoms with Gasteiger partial charge in [0.05, 0.1) is 21.6 Å². The molecule has 2 rings (SSSR count). The lowest BCUT2D eigenvalue weighted by molar-refractivity contribution is -0.385. The molecule has 0 bridgehead atoms. The van der Waals surface area contributed by atoms with E-state index in [1.165, 1.54) is 30.3 Å². The number of hydrogen-bond acceptors (Lipinski definition) is 4. The fourth-order valence-corrected chi connectivity index (χ4v) is 2.03. The first-order valence-corrected chi connectivity index (χ1v) is 6.28. The van der Waals surface area contributed by atoms with Crippen molar-refractivity contribution in [2.75, 3.05) is 0 Å². The Labute approximate surface area is 124 Å². The molecule has 0 saturated heterocycles. The Balaban J connectivity index is 2.42. The first kappa shape index (κ1) is 14.6. The van der Waals surface area contributed by atoms with Crippen LogP contribution in [0.2, 0.25) is 10.0 Å². The topological polar surface area (TPSA) is 72.6 Å². The summed E-state index contributed by atoms with van der Waals surface area (Å²) >= 11 is 11.9. The predicted molar refractivity (Wildman–Crippen MR) is 75.6 cm³/mol. The molecule has 104 valence electrons. The Kier molecular flexibility index (Phi) is 4.44. The van der Waals surface area contributed by atoms with E-state index in [0.717, 1.165) is 0 Å². The molecule has 0 atom stereocenters. The number of rotatable bonds is 4. The molecule has 0 aliphatic carbocycles. The first-order chi connectivity index (χ1) is 9.52. The second kappa shape index (κ2) is 6.09. The average molecular weight is 314 g/mol. The van der Waals surface area contributed by atoms with Gasteiger partial charge in [0.2, 0.25) is 5.75 Å². The Hall–Kier alpha value is -1.82. The van der Waals surface area contributed by atoms with E-state index in [2.05, 4.69) is 0 Å². The number of benzene rings is 2. The minimum atomic E-state index is -0.586. The molecule has 20 heavy (non-hydrogen) atoms. The van der Waals surface area contributed by atoms with E-state index in [-0.39, 0.29) is 33.8 Å². The van der Waals surface area contributed by atoms with Gasteiger partial charge in [-0.05, 0) is 23.8 Å². The van der Waals surface area contributed by atoms with E-state index in [1.807, 2.05) is 0 Å². The van der Waals surface area contributed by atoms with Crippen molar-refractivity contribution in [3.05, 3.63) is 62.1 Å². The molecule has 1 N–H and O–H groups in total. The van der Waals surface area contributed by atoms with E-state index >= 15 is 0 Å². The van der Waals surface area contributed by atoms with Crippen LogP contribution in [0.5, 0.6) is 11.5 Å². The number of ether oxygens (including phenoxy) is 1. The van der Waals surface area contributed by atoms with Gasteiger partial charge in [-0.25, -0.2) is 0 Å². The van der Waals surface area contributed by atoms with Crippen LogP contribution in [-0.4, -0.2) is 10.0 Å². The van der Waals surface area contributed by atoms with Gasteiger partial charge in [-0.1, -0.05) is 35.3 Å². The zero-order valence-electron chi connectivity index (χ0n) is 10.0. The fourth-order valence-electron chi connectivity index (χ4n) is 1.58. The molecule has 0 aliphatic heterocycles. The minimum Gasteiger partial charge on any atom is -0.447 e. The third-order valence-corrected chi connectivity index (χ3v) is 3.13. The van der Waals surface area contributed by atoms with Crippen molar-refractivity contribution in [3.63, 3.8) is 0 Å². The second-order valence-corrected chi connectivity index (χ2v) is 4.68. The standard InChI is InChI=1S/C13H9Cl2NO4/c14-9-2-1-3-11(16(18)19)13(9)20-12-5-4-8(7-17)6-10(12)15/h1-6,17H,7H2. The Bertz CT molecular complexity index is 661. The molecule has 2 aromatic carbocycles. The van der Waals surface area contributed by atoms with Gasteiger partial charge in [0, 0.05) is 6.07 Å². The quantitative estimate of drug-likeness (QED) is 0.678. The molecule has 0 heterocycles. The molecule has 0 unspecified atom stereocenters. The molecule has 0 spiro atoms. The smallest absolute Gasteiger partial charge is 0.313 e. The fraction of sp³-hybridized carbons (Fsp3) is 0.0769. The molecule has 0 aliphatic rings. The molecular formula is C13H9Cl2NO4. The summed E-state index contributed by atoms with van der Waals surface area (Å²) in [5, 5.41) is 20.3. The summed E-state index contributed by atoms with van der Waals surface area (Å²) in [6, 6.07) is 8.87. The summed E-state index contributed by atoms with van der Waals surface area (Å²) < 4.78 is 5.44. The van der Waals surface area contributed by atoms with E-state index in [0.29, 0.717) is 5.56 Å². The summed E-state index contributed by atoms with van der Waals surface area (Å²) in [5.74, 6) is 0.151. The highest BCUT2D eigenvalue weighted by Crippen LogP contribution is 2.39. The summed E-state index contributed by atoms with van der Waals surface area (Å²) in [5.41, 5.74) is 0.357. The Morgan fingerprint density at radius 2 is 1.95 bits per heavy atom. The summed E-state index contributed by atoms with van der Waals surface area (Å²) in [7, 11) is 0. The molecule has 5 nitrogen and oxygen atoms in total. The molecule has 0 radical (unpaired) electrons. The summed E-state index contributed by atoms with van der Waals surface area (Å²) in [6.45, 7) is -0.160. The maximum atomic E-state index is 11.0. The van der Waals surface area contributed by atoms with Crippen molar-refractivity contribution >= 4 is 28.9 Å². The highest BCUT2D eigenvalue weighted by Gasteiger charge is 2.20. The minimum absolute atomic E-state index is 0.0715. The van der Waals surface area contributed by atoms with Crippen molar-refractivity contribution < 1.29 is 14.8 Å². The molecule has 0 saturated carbocycles. The first-order valence-electron chi connectivity index (χ1n) is 5.53. The normalized spacial score (nSPS) is 10.3. The second-order valence-electron chi connectivity index (χ2n) is 3.87. The molecular weight excluding hydrogens is 305 g/mol. The Morgan fingerprint density at radius 3 is 2.55 bits per heavy atom. The number of halogens is 2. The van der Waals surface area contributed by atoms with Gasteiger partial charge < -0.3 is 9.84 Å². The number of aliphatic hydroxyl groups excluding tert-OH is 1. The van der Waals surface area contributed by atoms with Crippen molar-refractivity contribution in [2.24, 2.45) is 0 Å². The Morgan fingerprint density at radius 1 is 1.20 bits per heavy atom. The van der Waals surface area contributed by atoms with Crippen LogP contribution in [0.1, 0.15) is 5.56 Å². The van der Waals surface area contributed by atoms with Crippen molar-refractivity contribution in [3.8, 4) is 11.5 Å². The number of nitro groups is 1. The molecule has 0 aromatic heterocycles. The van der Waals surface area contributed by atoms with Crippen LogP contribution in [0.25, 0.3) is 0 Å². The van der Waals surface area contributed by atoms with Crippen LogP contribution in [0.15, 0.2) is 36.4 Å². The molecule has 0 amide bonds. The SMILES string of the molecule is O=[N+]([O-])c1cccc(Cl)c1Oc1ccc(CO)cc1Cl. The average Bonchev–Trinajstić information content (AvgIpc) is 2.42. The maximum Gasteiger partial charge on any atom is 0.313 e. The van der Waals surface area contributed by atoms with Gasteiger partial charge in [-0.2, -0.15) is 0 Å². The van der Waals surface area contributed by atoms with E-state index in [9.17, 15) is 10.1 Å². The van der Waals surface area contributed by atoms with E-state index in [4.69, 9.17) is 33.0 Å². The summed E-state index contributed by atoms with van der Waals surface area (Å²) in [4.78, 5) is 10.4. The highest BCUT2D eigenvalue weighted by molar-refractivity contribution is 6.33. The van der Waals surface area contributed by atoms with Crippen LogP contribution in [0, 0.1) is 10.1 Å². The summed E-state index contributed by atoms with van der Waals surface area (Å²) in [6.07, 6.45) is 0. The van der Waals surface area contributed by atoms with Crippen LogP contribution >= 0.6 is 23.2 Å². The molecule has 2 aromatic rings. The maximum absolute atomic E-state index is 11.0. The van der Waals surface area contributed by atoms with E-state index < -0.39 is 4.92 Å². The molecule has 7 heteroatoms. The monoisotopic (exact) mass is 313 g/mol. The van der Waals surface area contributed by atoms with Gasteiger partial charge >= 0.3 is 5.69 Å². The van der Waals surface area contributed by atoms with Crippen molar-refractivity contribution in [1.82, 2.24) is 0 Å². The lowest BCUT2D eigenvalue weighted by atomic mass is 10.2. The number of para-hydroxylation sites is 1. The van der Waals surface area contributed by atoms with Gasteiger partial charge in [-0.3, -0.25) is 10.1 Å². The van der Waals surface area contributed by atoms with Gasteiger partial charge in [0.15, 0.2) is 0 Å². The van der Waals surface area contributed by atoms with Crippen LogP contribution in [0.4, 0.5) is 5.69 Å². The zero-order chi connectivity index (χ0) is 14.7. The number of hydrogen-bond donors (Lipinski definition) is 1. The third kappa shape index (κ3) is 3.01. The predicted octanol–water partition coefficient (Wildman–Crippen LogP) is 4.19. The lowest BCUT2D eigenvalue weighted by Crippen LogP contribution is -1.95. The zero-order valence-corrected chi connectivity index (χ0v) is 11.6. The number of nitro benzene ring substituents is 1. The lowest BCUT2D eigenvalue weighted by Gasteiger charge is -2.10. The van der Waals surface area contributed by atoms with Crippen LogP contribution < -0.4 is 4.74 Å². The van der Waals surface area contributed by atoms with Gasteiger partial charge in [0.25, 0.3) is 0 Å². The van der Waals surface area contributed by atoms with Crippen LogP contribution in [0.3, 0.4) is 0 Å². The highest BCUT2D eigenvalue weighted by atomic mass is 35.5. The van der Waals surface area contributed by atoms with Gasteiger partial charge in [0.1, 0.15) is 5.75 Å². The van der Waals surface area contributed by atoms with E-state index in [1.54, 1.807) is 6.07 Å². The van der Waals surface area contributed by atoms with Gasteiger partial charge in [-0.15, -0.1) is 0 Å². The molecule has 0 fully saturated rings.